The molecule has 1 aliphatic rings. The number of nitrogens with zero attached hydrogens (tertiary/aromatic N) is 2. The molecule has 0 atom stereocenters. The molecule has 3 nitrogen and oxygen atoms in total. The molecule has 1 fully saturated rings. The average molecular weight is 350 g/mol. The van der Waals surface area contributed by atoms with E-state index in [0.717, 1.165) is 22.4 Å². The molecule has 1 N–H and O–H groups in total. The van der Waals surface area contributed by atoms with Crippen LogP contribution in [0.25, 0.3) is 22.4 Å². The number of aromatic nitrogens is 2. The molecule has 3 aromatic rings. The largest absolute Gasteiger partial charge is 0.351 e. The molecule has 4 rings (SSSR count). The van der Waals surface area contributed by atoms with E-state index in [1.807, 2.05) is 48.7 Å². The Morgan fingerprint density at radius 2 is 1.68 bits per heavy atom. The van der Waals surface area contributed by atoms with Crippen LogP contribution in [0, 0.1) is 0 Å². The van der Waals surface area contributed by atoms with Crippen LogP contribution in [0.3, 0.4) is 0 Å². The van der Waals surface area contributed by atoms with E-state index in [9.17, 15) is 0 Å². The minimum atomic E-state index is 0.487. The van der Waals surface area contributed by atoms with Crippen LogP contribution in [-0.2, 0) is 0 Å². The fourth-order valence-corrected chi connectivity index (χ4v) is 3.58. The molecule has 0 unspecified atom stereocenters. The Kier molecular flexibility index (Phi) is 4.66. The minimum absolute atomic E-state index is 0.487. The number of hydrogen-bond donors (Lipinski definition) is 1. The number of rotatable bonds is 4. The molecule has 0 amide bonds. The number of benzene rings is 2. The van der Waals surface area contributed by atoms with Crippen LogP contribution in [-0.4, -0.2) is 16.0 Å². The fraction of sp³-hybridized carbons (Fsp3) is 0.238. The number of nitrogens with one attached hydrogen (secondary N) is 1. The van der Waals surface area contributed by atoms with E-state index in [1.165, 1.54) is 25.7 Å². The predicted octanol–water partition coefficient (Wildman–Crippen LogP) is 5.82. The Morgan fingerprint density at radius 3 is 2.44 bits per heavy atom. The highest BCUT2D eigenvalue weighted by Crippen LogP contribution is 2.32. The number of anilines is 1. The normalized spacial score (nSPS) is 14.6. The zero-order valence-electron chi connectivity index (χ0n) is 14.0. The van der Waals surface area contributed by atoms with Crippen molar-refractivity contribution in [3.63, 3.8) is 0 Å². The van der Waals surface area contributed by atoms with E-state index >= 15 is 0 Å². The van der Waals surface area contributed by atoms with Gasteiger partial charge < -0.3 is 5.32 Å². The molecule has 2 aromatic carbocycles. The molecule has 126 valence electrons. The van der Waals surface area contributed by atoms with Gasteiger partial charge in [0.05, 0.1) is 5.69 Å². The van der Waals surface area contributed by atoms with Crippen molar-refractivity contribution < 1.29 is 0 Å². The maximum atomic E-state index is 6.18. The molecule has 1 heterocycles. The second kappa shape index (κ2) is 7.24. The van der Waals surface area contributed by atoms with Crippen molar-refractivity contribution in [3.8, 4) is 22.4 Å². The Balaban J connectivity index is 1.77. The van der Waals surface area contributed by atoms with Gasteiger partial charge in [-0.05, 0) is 30.5 Å². The van der Waals surface area contributed by atoms with Crippen molar-refractivity contribution in [1.82, 2.24) is 9.97 Å². The van der Waals surface area contributed by atoms with Gasteiger partial charge in [0.25, 0.3) is 0 Å². The van der Waals surface area contributed by atoms with Crippen LogP contribution in [0.5, 0.6) is 0 Å². The summed E-state index contributed by atoms with van der Waals surface area (Å²) < 4.78 is 0. The summed E-state index contributed by atoms with van der Waals surface area (Å²) in [5, 5.41) is 4.21. The first-order chi connectivity index (χ1) is 12.3. The van der Waals surface area contributed by atoms with Gasteiger partial charge in [-0.15, -0.1) is 0 Å². The van der Waals surface area contributed by atoms with Gasteiger partial charge in [-0.25, -0.2) is 9.97 Å². The van der Waals surface area contributed by atoms with Gasteiger partial charge in [0.15, 0.2) is 0 Å². The van der Waals surface area contributed by atoms with E-state index in [1.54, 1.807) is 0 Å². The molecule has 25 heavy (non-hydrogen) atoms. The predicted molar refractivity (Wildman–Crippen MR) is 104 cm³/mol. The molecule has 1 saturated carbocycles. The van der Waals surface area contributed by atoms with Crippen molar-refractivity contribution in [3.05, 3.63) is 65.8 Å². The second-order valence-electron chi connectivity index (χ2n) is 6.46. The Labute approximate surface area is 153 Å². The zero-order valence-corrected chi connectivity index (χ0v) is 14.7. The summed E-state index contributed by atoms with van der Waals surface area (Å²) in [5.74, 6) is 0.705. The van der Waals surface area contributed by atoms with Crippen molar-refractivity contribution in [1.29, 1.82) is 0 Å². The molecular formula is C21H20ClN3. The summed E-state index contributed by atoms with van der Waals surface area (Å²) in [5.41, 5.74) is 4.03. The summed E-state index contributed by atoms with van der Waals surface area (Å²) >= 11 is 6.18. The summed E-state index contributed by atoms with van der Waals surface area (Å²) in [6, 6.07) is 18.6. The first kappa shape index (κ1) is 16.1. The SMILES string of the molecule is Clc1cccc(-c2cnc(NC3CCCC3)nc2-c2ccccc2)c1. The van der Waals surface area contributed by atoms with Gasteiger partial charge in [0.1, 0.15) is 0 Å². The highest BCUT2D eigenvalue weighted by molar-refractivity contribution is 6.30. The lowest BCUT2D eigenvalue weighted by Crippen LogP contribution is -2.16. The van der Waals surface area contributed by atoms with E-state index in [0.29, 0.717) is 17.0 Å². The number of hydrogen-bond acceptors (Lipinski definition) is 3. The highest BCUT2D eigenvalue weighted by Gasteiger charge is 2.17. The van der Waals surface area contributed by atoms with Gasteiger partial charge in [-0.1, -0.05) is 66.9 Å². The average Bonchev–Trinajstić information content (AvgIpc) is 3.15. The van der Waals surface area contributed by atoms with Crippen molar-refractivity contribution in [2.24, 2.45) is 0 Å². The van der Waals surface area contributed by atoms with Crippen LogP contribution in [0.15, 0.2) is 60.8 Å². The molecule has 4 heteroatoms. The Bertz CT molecular complexity index is 858. The van der Waals surface area contributed by atoms with Gasteiger partial charge in [0.2, 0.25) is 5.95 Å². The van der Waals surface area contributed by atoms with Crippen molar-refractivity contribution in [2.75, 3.05) is 5.32 Å². The van der Waals surface area contributed by atoms with E-state index in [-0.39, 0.29) is 0 Å². The van der Waals surface area contributed by atoms with Crippen LogP contribution in [0.1, 0.15) is 25.7 Å². The van der Waals surface area contributed by atoms with Crippen LogP contribution in [0.2, 0.25) is 5.02 Å². The summed E-state index contributed by atoms with van der Waals surface area (Å²) in [6.07, 6.45) is 6.85. The molecule has 1 aliphatic carbocycles. The zero-order chi connectivity index (χ0) is 17.1. The smallest absolute Gasteiger partial charge is 0.223 e. The third kappa shape index (κ3) is 3.67. The molecule has 0 spiro atoms. The van der Waals surface area contributed by atoms with Gasteiger partial charge >= 0.3 is 0 Å². The Morgan fingerprint density at radius 1 is 0.920 bits per heavy atom. The summed E-state index contributed by atoms with van der Waals surface area (Å²) in [4.78, 5) is 9.42. The van der Waals surface area contributed by atoms with E-state index in [2.05, 4.69) is 22.4 Å². The quantitative estimate of drug-likeness (QED) is 0.645. The van der Waals surface area contributed by atoms with Crippen LogP contribution in [0.4, 0.5) is 5.95 Å². The second-order valence-corrected chi connectivity index (χ2v) is 6.89. The highest BCUT2D eigenvalue weighted by atomic mass is 35.5. The minimum Gasteiger partial charge on any atom is -0.351 e. The monoisotopic (exact) mass is 349 g/mol. The molecule has 0 bridgehead atoms. The van der Waals surface area contributed by atoms with Crippen LogP contribution < -0.4 is 5.32 Å². The molecule has 0 radical (unpaired) electrons. The fourth-order valence-electron chi connectivity index (χ4n) is 3.39. The maximum absolute atomic E-state index is 6.18. The summed E-state index contributed by atoms with van der Waals surface area (Å²) in [6.45, 7) is 0. The first-order valence-corrected chi connectivity index (χ1v) is 9.12. The lowest BCUT2D eigenvalue weighted by atomic mass is 10.0. The van der Waals surface area contributed by atoms with E-state index in [4.69, 9.17) is 16.6 Å². The van der Waals surface area contributed by atoms with Gasteiger partial charge in [-0.3, -0.25) is 0 Å². The molecule has 0 aliphatic heterocycles. The molecule has 0 saturated heterocycles. The Hall–Kier alpha value is -2.39. The number of halogens is 1. The standard InChI is InChI=1S/C21H20ClN3/c22-17-10-6-9-16(13-17)19-14-23-21(24-18-11-4-5-12-18)25-20(19)15-7-2-1-3-8-15/h1-3,6-10,13-14,18H,4-5,11-12H2,(H,23,24,25). The maximum Gasteiger partial charge on any atom is 0.223 e. The first-order valence-electron chi connectivity index (χ1n) is 8.74. The molecular weight excluding hydrogens is 330 g/mol. The third-order valence-electron chi connectivity index (χ3n) is 4.66. The van der Waals surface area contributed by atoms with Crippen molar-refractivity contribution >= 4 is 17.5 Å². The van der Waals surface area contributed by atoms with Gasteiger partial charge in [-0.2, -0.15) is 0 Å². The van der Waals surface area contributed by atoms with Crippen LogP contribution >= 0.6 is 11.6 Å². The van der Waals surface area contributed by atoms with Crippen molar-refractivity contribution in [2.45, 2.75) is 31.7 Å². The topological polar surface area (TPSA) is 37.8 Å². The summed E-state index contributed by atoms with van der Waals surface area (Å²) in [7, 11) is 0. The third-order valence-corrected chi connectivity index (χ3v) is 4.90. The van der Waals surface area contributed by atoms with E-state index < -0.39 is 0 Å². The molecule has 1 aromatic heterocycles. The lowest BCUT2D eigenvalue weighted by Gasteiger charge is -2.15. The van der Waals surface area contributed by atoms with Gasteiger partial charge in [0, 0.05) is 28.4 Å². The lowest BCUT2D eigenvalue weighted by molar-refractivity contribution is 0.744.